The molecule has 1 rings (SSSR count). The van der Waals surface area contributed by atoms with Crippen LogP contribution < -0.4 is 4.72 Å². The van der Waals surface area contributed by atoms with E-state index in [1.54, 1.807) is 4.72 Å². The van der Waals surface area contributed by atoms with E-state index >= 15 is 0 Å². The van der Waals surface area contributed by atoms with E-state index in [4.69, 9.17) is 0 Å². The minimum atomic E-state index is -5.19. The first-order chi connectivity index (χ1) is 7.72. The van der Waals surface area contributed by atoms with Crippen LogP contribution in [0, 0.1) is 0 Å². The summed E-state index contributed by atoms with van der Waals surface area (Å²) in [6.45, 7) is 1.97. The van der Waals surface area contributed by atoms with Crippen LogP contribution in [0.1, 0.15) is 19.8 Å². The molecule has 0 saturated carbocycles. The lowest BCUT2D eigenvalue weighted by atomic mass is 10.4. The fraction of sp³-hybridized carbons (Fsp3) is 1.00. The van der Waals surface area contributed by atoms with Crippen LogP contribution in [0.15, 0.2) is 0 Å². The molecule has 1 N–H and O–H groups in total. The van der Waals surface area contributed by atoms with Gasteiger partial charge in [-0.1, -0.05) is 0 Å². The Kier molecular flexibility index (Phi) is 4.83. The lowest BCUT2D eigenvalue weighted by Crippen LogP contribution is -2.38. The fourth-order valence-electron chi connectivity index (χ4n) is 2.20. The van der Waals surface area contributed by atoms with Gasteiger partial charge in [0.1, 0.15) is 0 Å². The van der Waals surface area contributed by atoms with Crippen molar-refractivity contribution in [1.82, 2.24) is 4.72 Å². The SMILES string of the molecule is CC[P+]1(CCNS(=O)(=O)C(F)(F)F)CCCC1. The molecule has 1 heterocycles. The molecule has 1 fully saturated rings. The van der Waals surface area contributed by atoms with Crippen molar-refractivity contribution in [3.63, 3.8) is 0 Å². The Balaban J connectivity index is 2.48. The predicted octanol–water partition coefficient (Wildman–Crippen LogP) is 2.26. The summed E-state index contributed by atoms with van der Waals surface area (Å²) in [5.74, 6) is 0. The third kappa shape index (κ3) is 3.80. The van der Waals surface area contributed by atoms with Gasteiger partial charge in [-0.25, -0.2) is 13.1 Å². The van der Waals surface area contributed by atoms with Gasteiger partial charge < -0.3 is 0 Å². The van der Waals surface area contributed by atoms with E-state index in [-0.39, 0.29) is 6.54 Å². The maximum Gasteiger partial charge on any atom is 0.511 e. The highest BCUT2D eigenvalue weighted by Crippen LogP contribution is 2.62. The van der Waals surface area contributed by atoms with Gasteiger partial charge in [0.05, 0.1) is 24.6 Å². The first-order valence-electron chi connectivity index (χ1n) is 5.63. The van der Waals surface area contributed by atoms with Crippen molar-refractivity contribution in [3.05, 3.63) is 0 Å². The number of nitrogens with one attached hydrogen (secondary N) is 1. The van der Waals surface area contributed by atoms with E-state index in [0.717, 1.165) is 31.3 Å². The van der Waals surface area contributed by atoms with Gasteiger partial charge in [0.2, 0.25) is 0 Å². The molecule has 8 heteroatoms. The smallest absolute Gasteiger partial charge is 0.204 e. The van der Waals surface area contributed by atoms with Gasteiger partial charge in [-0.2, -0.15) is 13.2 Å². The Labute approximate surface area is 101 Å². The number of sulfonamides is 1. The maximum atomic E-state index is 12.1. The zero-order chi connectivity index (χ0) is 13.2. The molecule has 0 unspecified atom stereocenters. The second-order valence-corrected chi connectivity index (χ2v) is 10.8. The number of hydrogen-bond acceptors (Lipinski definition) is 2. The summed E-state index contributed by atoms with van der Waals surface area (Å²) in [7, 11) is -6.32. The average Bonchev–Trinajstić information content (AvgIpc) is 2.65. The molecule has 3 nitrogen and oxygen atoms in total. The third-order valence-electron chi connectivity index (χ3n) is 3.37. The Bertz CT molecular complexity index is 350. The summed E-state index contributed by atoms with van der Waals surface area (Å²) < 4.78 is 59.5. The van der Waals surface area contributed by atoms with Crippen molar-refractivity contribution >= 4 is 17.3 Å². The lowest BCUT2D eigenvalue weighted by molar-refractivity contribution is -0.0447. The maximum absolute atomic E-state index is 12.1. The van der Waals surface area contributed by atoms with E-state index in [2.05, 4.69) is 6.92 Å². The van der Waals surface area contributed by atoms with Crippen LogP contribution in [-0.2, 0) is 10.0 Å². The Morgan fingerprint density at radius 2 is 1.76 bits per heavy atom. The second kappa shape index (κ2) is 5.41. The predicted molar refractivity (Wildman–Crippen MR) is 64.3 cm³/mol. The molecule has 0 atom stereocenters. The van der Waals surface area contributed by atoms with E-state index in [0.29, 0.717) is 6.16 Å². The topological polar surface area (TPSA) is 46.2 Å². The van der Waals surface area contributed by atoms with Gasteiger partial charge in [0.25, 0.3) is 0 Å². The molecule has 1 saturated heterocycles. The third-order valence-corrected chi connectivity index (χ3v) is 9.61. The Hall–Kier alpha value is 0.130. The van der Waals surface area contributed by atoms with Crippen LogP contribution in [0.4, 0.5) is 13.2 Å². The van der Waals surface area contributed by atoms with Crippen LogP contribution in [0.25, 0.3) is 0 Å². The monoisotopic (exact) mass is 292 g/mol. The molecule has 0 aliphatic carbocycles. The highest BCUT2D eigenvalue weighted by atomic mass is 32.2. The van der Waals surface area contributed by atoms with E-state index in [9.17, 15) is 21.6 Å². The molecule has 102 valence electrons. The normalized spacial score (nSPS) is 20.7. The van der Waals surface area contributed by atoms with E-state index < -0.39 is 22.8 Å². The highest BCUT2D eigenvalue weighted by Gasteiger charge is 2.46. The summed E-state index contributed by atoms with van der Waals surface area (Å²) in [5, 5.41) is 0. The van der Waals surface area contributed by atoms with Crippen molar-refractivity contribution in [1.29, 1.82) is 0 Å². The summed E-state index contributed by atoms with van der Waals surface area (Å²) in [5.41, 5.74) is -5.19. The first-order valence-corrected chi connectivity index (χ1v) is 9.65. The largest absolute Gasteiger partial charge is 0.511 e. The van der Waals surface area contributed by atoms with Crippen LogP contribution >= 0.6 is 7.26 Å². The van der Waals surface area contributed by atoms with Gasteiger partial charge in [-0.15, -0.1) is 0 Å². The zero-order valence-corrected chi connectivity index (χ0v) is 11.5. The molecule has 1 aliphatic heterocycles. The molecule has 0 bridgehead atoms. The van der Waals surface area contributed by atoms with Gasteiger partial charge in [-0.05, 0) is 19.8 Å². The second-order valence-electron chi connectivity index (χ2n) is 4.38. The number of hydrogen-bond donors (Lipinski definition) is 1. The standard InChI is InChI=1S/C9H18F3NO2PS/c1-2-16(6-3-4-7-16)8-5-13-17(14,15)9(10,11)12/h13H,2-8H2,1H3/q+1. The van der Waals surface area contributed by atoms with Crippen molar-refractivity contribution < 1.29 is 21.6 Å². The number of alkyl halides is 3. The van der Waals surface area contributed by atoms with Crippen LogP contribution in [0.3, 0.4) is 0 Å². The van der Waals surface area contributed by atoms with Gasteiger partial charge in [0, 0.05) is 13.8 Å². The number of halogens is 3. The minimum absolute atomic E-state index is 0.0799. The summed E-state index contributed by atoms with van der Waals surface area (Å²) >= 11 is 0. The van der Waals surface area contributed by atoms with Crippen molar-refractivity contribution in [2.75, 3.05) is 31.2 Å². The van der Waals surface area contributed by atoms with E-state index in [1.165, 1.54) is 0 Å². The summed E-state index contributed by atoms with van der Waals surface area (Å²) in [4.78, 5) is 0. The first kappa shape index (κ1) is 15.2. The van der Waals surface area contributed by atoms with Crippen molar-refractivity contribution in [2.45, 2.75) is 25.3 Å². The van der Waals surface area contributed by atoms with E-state index in [1.807, 2.05) is 0 Å². The molecule has 0 aromatic rings. The van der Waals surface area contributed by atoms with Gasteiger partial charge in [0.15, 0.2) is 0 Å². The summed E-state index contributed by atoms with van der Waals surface area (Å²) in [6, 6.07) is 0. The molecule has 0 aromatic heterocycles. The highest BCUT2D eigenvalue weighted by molar-refractivity contribution is 7.90. The zero-order valence-electron chi connectivity index (χ0n) is 9.76. The van der Waals surface area contributed by atoms with Gasteiger partial charge in [-0.3, -0.25) is 0 Å². The van der Waals surface area contributed by atoms with Crippen LogP contribution in [0.5, 0.6) is 0 Å². The average molecular weight is 292 g/mol. The quantitative estimate of drug-likeness (QED) is 0.790. The molecular formula is C9H18F3NO2PS+. The Morgan fingerprint density at radius 3 is 2.18 bits per heavy atom. The van der Waals surface area contributed by atoms with Crippen LogP contribution in [0.2, 0.25) is 0 Å². The molecule has 0 amide bonds. The fourth-order valence-corrected chi connectivity index (χ4v) is 6.88. The minimum Gasteiger partial charge on any atom is -0.204 e. The molecule has 0 aromatic carbocycles. The Morgan fingerprint density at radius 1 is 1.24 bits per heavy atom. The molecule has 17 heavy (non-hydrogen) atoms. The van der Waals surface area contributed by atoms with Crippen molar-refractivity contribution in [2.24, 2.45) is 0 Å². The molecule has 0 radical (unpaired) electrons. The molecule has 1 aliphatic rings. The van der Waals surface area contributed by atoms with Gasteiger partial charge >= 0.3 is 15.5 Å². The number of rotatable bonds is 5. The molecule has 0 spiro atoms. The van der Waals surface area contributed by atoms with Crippen molar-refractivity contribution in [3.8, 4) is 0 Å². The lowest BCUT2D eigenvalue weighted by Gasteiger charge is -2.20. The van der Waals surface area contributed by atoms with Crippen LogP contribution in [-0.4, -0.2) is 45.1 Å². The molecular weight excluding hydrogens is 274 g/mol. The summed E-state index contributed by atoms with van der Waals surface area (Å²) in [6.07, 6.45) is 6.05.